The van der Waals surface area contributed by atoms with E-state index in [4.69, 9.17) is 13.6 Å². The quantitative estimate of drug-likeness (QED) is 0.0619. The van der Waals surface area contributed by atoms with Gasteiger partial charge in [0.2, 0.25) is 0 Å². The van der Waals surface area contributed by atoms with Crippen molar-refractivity contribution in [1.82, 2.24) is 0 Å². The van der Waals surface area contributed by atoms with Crippen LogP contribution in [0.25, 0.3) is 0 Å². The van der Waals surface area contributed by atoms with Gasteiger partial charge in [0.15, 0.2) is 0 Å². The summed E-state index contributed by atoms with van der Waals surface area (Å²) in [5.74, 6) is 1.56. The first-order valence-electron chi connectivity index (χ1n) is 14.9. The minimum absolute atomic E-state index is 0.518. The van der Waals surface area contributed by atoms with Crippen LogP contribution in [0.3, 0.4) is 0 Å². The van der Waals surface area contributed by atoms with Crippen molar-refractivity contribution in [2.45, 2.75) is 139 Å². The van der Waals surface area contributed by atoms with Crippen LogP contribution in [-0.4, -0.2) is 0 Å². The molecule has 0 bridgehead atoms. The van der Waals surface area contributed by atoms with E-state index in [0.29, 0.717) is 17.3 Å². The highest BCUT2D eigenvalue weighted by Crippen LogP contribution is 2.57. The lowest BCUT2D eigenvalue weighted by molar-refractivity contribution is 0.200. The van der Waals surface area contributed by atoms with E-state index in [1.165, 1.54) is 38.5 Å². The summed E-state index contributed by atoms with van der Waals surface area (Å²) in [5, 5.41) is 0. The van der Waals surface area contributed by atoms with E-state index < -0.39 is 7.82 Å². The largest absolute Gasteiger partial charge is 0.647 e. The van der Waals surface area contributed by atoms with Gasteiger partial charge in [-0.15, -0.1) is 0 Å². The molecule has 0 spiro atoms. The SMILES string of the molecule is C/C=C(OP(=O)(OC(=C\C)/C(C)=C/CCCCC)OC(=C\C)/C(C)=C/CCCCC)/C(C)=C/CCCCC. The predicted octanol–water partition coefficient (Wildman–Crippen LogP) is 12.4. The Morgan fingerprint density at radius 3 is 1.00 bits per heavy atom. The molecule has 0 N–H and O–H groups in total. The molecule has 0 aliphatic carbocycles. The Morgan fingerprint density at radius 2 is 0.789 bits per heavy atom. The van der Waals surface area contributed by atoms with E-state index in [9.17, 15) is 4.57 Å². The highest BCUT2D eigenvalue weighted by molar-refractivity contribution is 7.48. The molecule has 0 unspecified atom stereocenters. The number of allylic oxidation sites excluding steroid dienone is 9. The highest BCUT2D eigenvalue weighted by atomic mass is 31.2. The van der Waals surface area contributed by atoms with Crippen molar-refractivity contribution in [3.8, 4) is 0 Å². The second-order valence-corrected chi connectivity index (χ2v) is 11.3. The van der Waals surface area contributed by atoms with E-state index in [1.807, 2.05) is 59.8 Å². The first kappa shape index (κ1) is 36.1. The molecule has 0 aliphatic rings. The zero-order valence-corrected chi connectivity index (χ0v) is 26.9. The maximum absolute atomic E-state index is 14.3. The van der Waals surface area contributed by atoms with Crippen LogP contribution >= 0.6 is 7.82 Å². The zero-order chi connectivity index (χ0) is 28.8. The summed E-state index contributed by atoms with van der Waals surface area (Å²) in [6, 6.07) is 0. The van der Waals surface area contributed by atoms with Crippen molar-refractivity contribution in [3.05, 3.63) is 70.5 Å². The summed E-state index contributed by atoms with van der Waals surface area (Å²) in [4.78, 5) is 0. The van der Waals surface area contributed by atoms with Crippen LogP contribution < -0.4 is 0 Å². The summed E-state index contributed by atoms with van der Waals surface area (Å²) >= 11 is 0. The van der Waals surface area contributed by atoms with Crippen LogP contribution in [0.1, 0.15) is 139 Å². The Morgan fingerprint density at radius 1 is 0.526 bits per heavy atom. The van der Waals surface area contributed by atoms with Gasteiger partial charge in [0.05, 0.1) is 0 Å². The third-order valence-electron chi connectivity index (χ3n) is 6.36. The number of hydrogen-bond acceptors (Lipinski definition) is 4. The van der Waals surface area contributed by atoms with Gasteiger partial charge in [0.1, 0.15) is 17.3 Å². The molecule has 38 heavy (non-hydrogen) atoms. The molecule has 5 heteroatoms. The summed E-state index contributed by atoms with van der Waals surface area (Å²) in [6.45, 7) is 18.2. The molecule has 0 fully saturated rings. The molecule has 0 aromatic heterocycles. The molecule has 0 aliphatic heterocycles. The number of phosphoric acid groups is 1. The molecule has 0 heterocycles. The van der Waals surface area contributed by atoms with Crippen LogP contribution in [0.15, 0.2) is 70.5 Å². The normalized spacial score (nSPS) is 14.7. The molecular formula is C33H57O4P. The van der Waals surface area contributed by atoms with Crippen molar-refractivity contribution in [2.24, 2.45) is 0 Å². The van der Waals surface area contributed by atoms with Crippen LogP contribution in [0.5, 0.6) is 0 Å². The van der Waals surface area contributed by atoms with Crippen LogP contribution in [0.4, 0.5) is 0 Å². The topological polar surface area (TPSA) is 44.8 Å². The van der Waals surface area contributed by atoms with Gasteiger partial charge in [0, 0.05) is 0 Å². The molecule has 218 valence electrons. The highest BCUT2D eigenvalue weighted by Gasteiger charge is 2.36. The number of unbranched alkanes of at least 4 members (excludes halogenated alkanes) is 9. The van der Waals surface area contributed by atoms with Crippen molar-refractivity contribution in [1.29, 1.82) is 0 Å². The molecule has 0 rings (SSSR count). The molecule has 0 radical (unpaired) electrons. The van der Waals surface area contributed by atoms with Crippen LogP contribution in [-0.2, 0) is 18.1 Å². The van der Waals surface area contributed by atoms with Gasteiger partial charge in [-0.3, -0.25) is 0 Å². The van der Waals surface area contributed by atoms with E-state index in [0.717, 1.165) is 55.2 Å². The average Bonchev–Trinajstić information content (AvgIpc) is 2.91. The predicted molar refractivity (Wildman–Crippen MR) is 166 cm³/mol. The maximum atomic E-state index is 14.3. The first-order valence-corrected chi connectivity index (χ1v) is 16.4. The summed E-state index contributed by atoms with van der Waals surface area (Å²) in [6.07, 6.45) is 25.2. The van der Waals surface area contributed by atoms with Gasteiger partial charge >= 0.3 is 7.82 Å². The zero-order valence-electron chi connectivity index (χ0n) is 26.0. The van der Waals surface area contributed by atoms with E-state index in [1.54, 1.807) is 0 Å². The van der Waals surface area contributed by atoms with Crippen LogP contribution in [0, 0.1) is 0 Å². The van der Waals surface area contributed by atoms with Gasteiger partial charge < -0.3 is 13.6 Å². The monoisotopic (exact) mass is 548 g/mol. The molecule has 4 nitrogen and oxygen atoms in total. The Kier molecular flexibility index (Phi) is 20.8. The van der Waals surface area contributed by atoms with E-state index >= 15 is 0 Å². The number of rotatable bonds is 21. The lowest BCUT2D eigenvalue weighted by Gasteiger charge is -2.24. The minimum atomic E-state index is -4.06. The average molecular weight is 549 g/mol. The van der Waals surface area contributed by atoms with E-state index in [-0.39, 0.29) is 0 Å². The third-order valence-corrected chi connectivity index (χ3v) is 7.62. The van der Waals surface area contributed by atoms with Crippen LogP contribution in [0.2, 0.25) is 0 Å². The summed E-state index contributed by atoms with van der Waals surface area (Å²) < 4.78 is 32.7. The molecule has 0 atom stereocenters. The molecular weight excluding hydrogens is 491 g/mol. The van der Waals surface area contributed by atoms with Gasteiger partial charge in [-0.05, 0) is 115 Å². The minimum Gasteiger partial charge on any atom is -0.386 e. The Balaban J connectivity index is 6.08. The summed E-state index contributed by atoms with van der Waals surface area (Å²) in [7, 11) is -4.06. The number of hydrogen-bond donors (Lipinski definition) is 0. The molecule has 0 amide bonds. The standard InChI is InChI=1S/C33H57O4P/c1-10-16-19-22-25-28(7)31(13-4)35-38(34,36-32(14-5)29(8)26-23-20-17-11-2)37-33(15-6)30(9)27-24-21-18-12-3/h13-15,25-27H,10-12,16-24H2,1-9H3/b28-25+,29-26+,30-27+,31-13-,32-14-,33-15-. The lowest BCUT2D eigenvalue weighted by atomic mass is 10.1. The first-order chi connectivity index (χ1) is 18.2. The van der Waals surface area contributed by atoms with Gasteiger partial charge in [-0.1, -0.05) is 77.5 Å². The van der Waals surface area contributed by atoms with Gasteiger partial charge in [-0.2, -0.15) is 4.57 Å². The van der Waals surface area contributed by atoms with E-state index in [2.05, 4.69) is 39.0 Å². The molecule has 0 saturated carbocycles. The fourth-order valence-corrected chi connectivity index (χ4v) is 5.50. The fraction of sp³-hybridized carbons (Fsp3) is 0.636. The second-order valence-electron chi connectivity index (χ2n) is 9.83. The van der Waals surface area contributed by atoms with Crippen molar-refractivity contribution >= 4 is 7.82 Å². The van der Waals surface area contributed by atoms with Crippen molar-refractivity contribution in [3.63, 3.8) is 0 Å². The smallest absolute Gasteiger partial charge is 0.386 e. The Bertz CT molecular complexity index is 773. The number of phosphoric ester groups is 1. The Labute approximate surface area is 235 Å². The van der Waals surface area contributed by atoms with Crippen molar-refractivity contribution in [2.75, 3.05) is 0 Å². The second kappa shape index (κ2) is 21.9. The maximum Gasteiger partial charge on any atom is 0.647 e. The van der Waals surface area contributed by atoms with Gasteiger partial charge in [-0.25, -0.2) is 0 Å². The van der Waals surface area contributed by atoms with Gasteiger partial charge in [0.25, 0.3) is 0 Å². The summed E-state index contributed by atoms with van der Waals surface area (Å²) in [5.41, 5.74) is 2.79. The molecule has 0 aromatic rings. The third kappa shape index (κ3) is 15.5. The Hall–Kier alpha value is -1.93. The molecule has 0 aromatic carbocycles. The fourth-order valence-electron chi connectivity index (χ4n) is 3.91. The molecule has 0 saturated heterocycles. The van der Waals surface area contributed by atoms with Crippen molar-refractivity contribution < 1.29 is 18.1 Å². The lowest BCUT2D eigenvalue weighted by Crippen LogP contribution is -2.04.